The molecule has 5 aromatic rings. The van der Waals surface area contributed by atoms with Crippen molar-refractivity contribution in [2.45, 2.75) is 50.2 Å². The van der Waals surface area contributed by atoms with Crippen molar-refractivity contribution in [1.82, 2.24) is 16.0 Å². The maximum Gasteiger partial charge on any atom is 0.307 e. The second-order valence-electron chi connectivity index (χ2n) is 13.3. The van der Waals surface area contributed by atoms with Gasteiger partial charge in [0.2, 0.25) is 11.8 Å². The highest BCUT2D eigenvalue weighted by Crippen LogP contribution is 2.22. The molecular formula is C43H41N3O7S. The van der Waals surface area contributed by atoms with E-state index in [0.29, 0.717) is 11.3 Å². The third-order valence-electron chi connectivity index (χ3n) is 9.33. The largest absolute Gasteiger partial charge is 0.484 e. The fourth-order valence-corrected chi connectivity index (χ4v) is 7.16. The van der Waals surface area contributed by atoms with Gasteiger partial charge in [-0.3, -0.25) is 24.0 Å². The average molecular weight is 744 g/mol. The quantitative estimate of drug-likeness (QED) is 0.160. The SMILES string of the molecule is O=C1COc2ccc(cc2)C[C@@H](C(=O)O)CC(=O)[C@H](Cc2ccccc2)NC(=O)[C@@H](Cc2ccc(-c3ccccc3)cc2)NC(=O)[C@H](Cc2cccs2)N1. The molecule has 0 radical (unpaired) electrons. The zero-order valence-corrected chi connectivity index (χ0v) is 30.3. The number of thiophene rings is 1. The van der Waals surface area contributed by atoms with E-state index >= 15 is 0 Å². The topological polar surface area (TPSA) is 151 Å². The van der Waals surface area contributed by atoms with Gasteiger partial charge in [-0.2, -0.15) is 0 Å². The van der Waals surface area contributed by atoms with Gasteiger partial charge in [0.15, 0.2) is 12.4 Å². The molecule has 11 heteroatoms. The molecule has 4 aromatic carbocycles. The lowest BCUT2D eigenvalue weighted by Gasteiger charge is -2.26. The Bertz CT molecular complexity index is 2040. The Labute approximate surface area is 317 Å². The van der Waals surface area contributed by atoms with Gasteiger partial charge in [0.1, 0.15) is 17.8 Å². The van der Waals surface area contributed by atoms with Crippen LogP contribution in [0.4, 0.5) is 0 Å². The zero-order chi connectivity index (χ0) is 37.9. The summed E-state index contributed by atoms with van der Waals surface area (Å²) >= 11 is 1.44. The number of carboxylic acid groups (broad SMARTS) is 1. The minimum atomic E-state index is -1.15. The molecule has 7 rings (SSSR count). The summed E-state index contributed by atoms with van der Waals surface area (Å²) in [5, 5.41) is 20.6. The number of ketones is 1. The zero-order valence-electron chi connectivity index (χ0n) is 29.5. The first kappa shape index (κ1) is 37.7. The number of hydrogen-bond donors (Lipinski definition) is 4. The van der Waals surface area contributed by atoms with Crippen LogP contribution in [0.1, 0.15) is 28.0 Å². The van der Waals surface area contributed by atoms with Crippen LogP contribution < -0.4 is 20.7 Å². The van der Waals surface area contributed by atoms with E-state index in [4.69, 9.17) is 4.74 Å². The molecule has 4 atom stereocenters. The molecule has 4 N–H and O–H groups in total. The standard InChI is InChI=1S/C43H41N3O7S/c47-39-25-33(43(51)52)22-29-15-19-34(20-16-29)53-27-40(48)44-38(26-35-12-7-21-54-35)42(50)46-37(41(49)45-36(39)23-28-8-3-1-4-9-28)24-30-13-17-32(18-14-30)31-10-5-2-6-11-31/h1-21,33,36-38H,22-27H2,(H,44,48)(H,45,49)(H,46,50)(H,51,52)/t33-,36+,37-,38+/m1/s1. The summed E-state index contributed by atoms with van der Waals surface area (Å²) in [6.45, 7) is -0.376. The summed E-state index contributed by atoms with van der Waals surface area (Å²) in [7, 11) is 0. The second-order valence-corrected chi connectivity index (χ2v) is 14.4. The molecule has 10 nitrogen and oxygen atoms in total. The fourth-order valence-electron chi connectivity index (χ4n) is 6.41. The molecular weight excluding hydrogens is 703 g/mol. The minimum absolute atomic E-state index is 0.0654. The van der Waals surface area contributed by atoms with Crippen molar-refractivity contribution >= 4 is 40.8 Å². The molecule has 2 aliphatic rings. The normalized spacial score (nSPS) is 20.0. The molecule has 0 spiro atoms. The van der Waals surface area contributed by atoms with Crippen molar-refractivity contribution in [1.29, 1.82) is 0 Å². The molecule has 276 valence electrons. The Balaban J connectivity index is 1.34. The number of benzene rings is 4. The van der Waals surface area contributed by atoms with E-state index in [0.717, 1.165) is 27.1 Å². The number of aliphatic carboxylic acids is 1. The van der Waals surface area contributed by atoms with Crippen molar-refractivity contribution in [2.75, 3.05) is 6.61 Å². The van der Waals surface area contributed by atoms with Crippen molar-refractivity contribution < 1.29 is 33.8 Å². The molecule has 0 unspecified atom stereocenters. The molecule has 0 fully saturated rings. The van der Waals surface area contributed by atoms with Gasteiger partial charge >= 0.3 is 5.97 Å². The lowest BCUT2D eigenvalue weighted by Crippen LogP contribution is -2.57. The first-order valence-electron chi connectivity index (χ1n) is 17.8. The Morgan fingerprint density at radius 2 is 1.22 bits per heavy atom. The summed E-state index contributed by atoms with van der Waals surface area (Å²) in [4.78, 5) is 68.9. The van der Waals surface area contributed by atoms with Gasteiger partial charge in [0, 0.05) is 24.1 Å². The molecule has 2 bridgehead atoms. The van der Waals surface area contributed by atoms with Crippen LogP contribution in [0.5, 0.6) is 5.75 Å². The molecule has 1 aromatic heterocycles. The number of carbonyl (C=O) groups is 5. The number of hydrogen-bond acceptors (Lipinski definition) is 7. The fraction of sp³-hybridized carbons (Fsp3) is 0.233. The number of fused-ring (bicyclic) bond motifs is 16. The van der Waals surface area contributed by atoms with Crippen LogP contribution in [0.15, 0.2) is 127 Å². The Kier molecular flexibility index (Phi) is 12.6. The van der Waals surface area contributed by atoms with Crippen LogP contribution in [0.2, 0.25) is 0 Å². The number of ether oxygens (including phenoxy) is 1. The number of Topliss-reactive ketones (excluding diaryl/α,β-unsaturated/α-hetero) is 1. The third kappa shape index (κ3) is 10.5. The van der Waals surface area contributed by atoms with Crippen LogP contribution in [-0.4, -0.2) is 59.3 Å². The maximum absolute atomic E-state index is 14.3. The molecule has 3 amide bonds. The monoisotopic (exact) mass is 743 g/mol. The van der Waals surface area contributed by atoms with E-state index in [1.54, 1.807) is 24.3 Å². The van der Waals surface area contributed by atoms with E-state index in [2.05, 4.69) is 16.0 Å². The van der Waals surface area contributed by atoms with Crippen LogP contribution in [0.25, 0.3) is 11.1 Å². The third-order valence-corrected chi connectivity index (χ3v) is 10.2. The van der Waals surface area contributed by atoms with E-state index < -0.39 is 53.5 Å². The van der Waals surface area contributed by atoms with Gasteiger partial charge in [-0.15, -0.1) is 11.3 Å². The molecule has 54 heavy (non-hydrogen) atoms. The molecule has 2 aliphatic heterocycles. The van der Waals surface area contributed by atoms with Crippen LogP contribution >= 0.6 is 11.3 Å². The lowest BCUT2D eigenvalue weighted by molar-refractivity contribution is -0.144. The summed E-state index contributed by atoms with van der Waals surface area (Å²) in [5.41, 5.74) is 4.19. The van der Waals surface area contributed by atoms with Crippen molar-refractivity contribution in [3.63, 3.8) is 0 Å². The summed E-state index contributed by atoms with van der Waals surface area (Å²) in [6.07, 6.45) is 0.108. The van der Waals surface area contributed by atoms with E-state index in [-0.39, 0.29) is 38.7 Å². The van der Waals surface area contributed by atoms with Crippen LogP contribution in [-0.2, 0) is 49.7 Å². The Hall–Kier alpha value is -6.07. The number of nitrogens with one attached hydrogen (secondary N) is 3. The Morgan fingerprint density at radius 1 is 0.630 bits per heavy atom. The average Bonchev–Trinajstić information content (AvgIpc) is 3.70. The van der Waals surface area contributed by atoms with Crippen molar-refractivity contribution in [2.24, 2.45) is 5.92 Å². The predicted molar refractivity (Wildman–Crippen MR) is 206 cm³/mol. The van der Waals surface area contributed by atoms with E-state index in [1.807, 2.05) is 102 Å². The predicted octanol–water partition coefficient (Wildman–Crippen LogP) is 5.19. The van der Waals surface area contributed by atoms with Gasteiger partial charge in [-0.05, 0) is 64.2 Å². The number of carboxylic acids is 1. The van der Waals surface area contributed by atoms with Gasteiger partial charge < -0.3 is 25.8 Å². The highest BCUT2D eigenvalue weighted by atomic mass is 32.1. The van der Waals surface area contributed by atoms with Gasteiger partial charge in [-0.1, -0.05) is 103 Å². The molecule has 0 aliphatic carbocycles. The maximum atomic E-state index is 14.3. The van der Waals surface area contributed by atoms with Crippen LogP contribution in [0.3, 0.4) is 0 Å². The molecule has 0 saturated carbocycles. The summed E-state index contributed by atoms with van der Waals surface area (Å²) in [5.74, 6) is -4.01. The molecule has 0 saturated heterocycles. The summed E-state index contributed by atoms with van der Waals surface area (Å²) in [6, 6.07) is 33.7. The smallest absolute Gasteiger partial charge is 0.307 e. The second kappa shape index (κ2) is 18.1. The molecule has 3 heterocycles. The minimum Gasteiger partial charge on any atom is -0.484 e. The van der Waals surface area contributed by atoms with Crippen molar-refractivity contribution in [3.05, 3.63) is 148 Å². The van der Waals surface area contributed by atoms with Crippen molar-refractivity contribution in [3.8, 4) is 16.9 Å². The highest BCUT2D eigenvalue weighted by molar-refractivity contribution is 7.09. The number of carbonyl (C=O) groups excluding carboxylic acids is 4. The van der Waals surface area contributed by atoms with Gasteiger partial charge in [0.05, 0.1) is 12.0 Å². The first-order chi connectivity index (χ1) is 26.2. The highest BCUT2D eigenvalue weighted by Gasteiger charge is 2.32. The van der Waals surface area contributed by atoms with Gasteiger partial charge in [0.25, 0.3) is 5.91 Å². The van der Waals surface area contributed by atoms with E-state index in [9.17, 15) is 29.1 Å². The van der Waals surface area contributed by atoms with Crippen LogP contribution in [0, 0.1) is 5.92 Å². The first-order valence-corrected chi connectivity index (χ1v) is 18.7. The lowest BCUT2D eigenvalue weighted by atomic mass is 9.90. The Morgan fingerprint density at radius 3 is 1.87 bits per heavy atom. The van der Waals surface area contributed by atoms with E-state index in [1.165, 1.54) is 11.3 Å². The summed E-state index contributed by atoms with van der Waals surface area (Å²) < 4.78 is 5.70. The van der Waals surface area contributed by atoms with Gasteiger partial charge in [-0.25, -0.2) is 0 Å². The number of rotatable bonds is 8. The number of amides is 3.